The third-order valence-electron chi connectivity index (χ3n) is 3.62. The molecular formula is C14H19NO3. The molecule has 0 aliphatic carbocycles. The Kier molecular flexibility index (Phi) is 3.99. The summed E-state index contributed by atoms with van der Waals surface area (Å²) in [5, 5.41) is 12.3. The van der Waals surface area contributed by atoms with Gasteiger partial charge in [0.25, 0.3) is 0 Å². The average molecular weight is 249 g/mol. The highest BCUT2D eigenvalue weighted by Crippen LogP contribution is 2.29. The van der Waals surface area contributed by atoms with Gasteiger partial charge in [0.1, 0.15) is 0 Å². The molecule has 0 spiro atoms. The minimum Gasteiger partial charge on any atom is -0.481 e. The Hall–Kier alpha value is -1.39. The molecule has 0 aromatic heterocycles. The molecule has 0 saturated carbocycles. The number of methoxy groups -OCH3 is 1. The van der Waals surface area contributed by atoms with Crippen LogP contribution in [-0.2, 0) is 9.53 Å². The molecule has 1 aromatic carbocycles. The van der Waals surface area contributed by atoms with E-state index < -0.39 is 5.97 Å². The predicted molar refractivity (Wildman–Crippen MR) is 68.4 cm³/mol. The van der Waals surface area contributed by atoms with Gasteiger partial charge in [-0.3, -0.25) is 4.79 Å². The molecular weight excluding hydrogens is 230 g/mol. The Bertz CT molecular complexity index is 433. The number of benzene rings is 1. The van der Waals surface area contributed by atoms with Crippen LogP contribution < -0.4 is 5.32 Å². The SMILES string of the molecule is COC(C)c1cccc(C2CC(C(=O)O)CN2)c1. The maximum Gasteiger partial charge on any atom is 0.307 e. The topological polar surface area (TPSA) is 58.6 Å². The van der Waals surface area contributed by atoms with Gasteiger partial charge in [-0.25, -0.2) is 0 Å². The van der Waals surface area contributed by atoms with Crippen molar-refractivity contribution in [3.05, 3.63) is 35.4 Å². The molecule has 1 aromatic rings. The molecule has 0 bridgehead atoms. The van der Waals surface area contributed by atoms with Gasteiger partial charge in [-0.2, -0.15) is 0 Å². The lowest BCUT2D eigenvalue weighted by molar-refractivity contribution is -0.141. The molecule has 0 radical (unpaired) electrons. The zero-order valence-electron chi connectivity index (χ0n) is 10.7. The number of carbonyl (C=O) groups is 1. The van der Waals surface area contributed by atoms with Crippen molar-refractivity contribution < 1.29 is 14.6 Å². The Morgan fingerprint density at radius 2 is 2.33 bits per heavy atom. The van der Waals surface area contributed by atoms with E-state index >= 15 is 0 Å². The first kappa shape index (κ1) is 13.1. The number of carboxylic acids is 1. The van der Waals surface area contributed by atoms with Gasteiger partial charge in [-0.15, -0.1) is 0 Å². The van der Waals surface area contributed by atoms with Crippen LogP contribution in [0.15, 0.2) is 24.3 Å². The van der Waals surface area contributed by atoms with Crippen LogP contribution in [0.1, 0.15) is 36.6 Å². The fourth-order valence-corrected chi connectivity index (χ4v) is 2.34. The number of hydrogen-bond acceptors (Lipinski definition) is 3. The molecule has 1 aliphatic heterocycles. The number of aliphatic carboxylic acids is 1. The summed E-state index contributed by atoms with van der Waals surface area (Å²) in [7, 11) is 1.69. The molecule has 18 heavy (non-hydrogen) atoms. The van der Waals surface area contributed by atoms with Gasteiger partial charge in [0.2, 0.25) is 0 Å². The highest BCUT2D eigenvalue weighted by molar-refractivity contribution is 5.70. The van der Waals surface area contributed by atoms with Gasteiger partial charge in [-0.1, -0.05) is 24.3 Å². The lowest BCUT2D eigenvalue weighted by atomic mass is 9.97. The maximum absolute atomic E-state index is 10.9. The van der Waals surface area contributed by atoms with E-state index in [9.17, 15) is 4.79 Å². The summed E-state index contributed by atoms with van der Waals surface area (Å²) in [5.41, 5.74) is 2.26. The van der Waals surface area contributed by atoms with Crippen molar-refractivity contribution in [1.82, 2.24) is 5.32 Å². The molecule has 4 nitrogen and oxygen atoms in total. The van der Waals surface area contributed by atoms with Crippen LogP contribution in [-0.4, -0.2) is 24.7 Å². The van der Waals surface area contributed by atoms with Crippen molar-refractivity contribution in [2.45, 2.75) is 25.5 Å². The molecule has 0 amide bonds. The van der Waals surface area contributed by atoms with E-state index in [4.69, 9.17) is 9.84 Å². The number of hydrogen-bond donors (Lipinski definition) is 2. The van der Waals surface area contributed by atoms with Crippen molar-refractivity contribution in [1.29, 1.82) is 0 Å². The molecule has 1 heterocycles. The smallest absolute Gasteiger partial charge is 0.307 e. The first-order valence-electron chi connectivity index (χ1n) is 6.20. The summed E-state index contributed by atoms with van der Waals surface area (Å²) in [6, 6.07) is 8.29. The van der Waals surface area contributed by atoms with Gasteiger partial charge >= 0.3 is 5.97 Å². The summed E-state index contributed by atoms with van der Waals surface area (Å²) < 4.78 is 5.30. The van der Waals surface area contributed by atoms with Crippen molar-refractivity contribution in [2.24, 2.45) is 5.92 Å². The fraction of sp³-hybridized carbons (Fsp3) is 0.500. The number of ether oxygens (including phenoxy) is 1. The van der Waals surface area contributed by atoms with E-state index in [2.05, 4.69) is 11.4 Å². The fourth-order valence-electron chi connectivity index (χ4n) is 2.34. The number of carboxylic acid groups (broad SMARTS) is 1. The van der Waals surface area contributed by atoms with Crippen molar-refractivity contribution in [3.8, 4) is 0 Å². The standard InChI is InChI=1S/C14H19NO3/c1-9(18-2)10-4-3-5-11(6-10)13-7-12(8-15-13)14(16)17/h3-6,9,12-13,15H,7-8H2,1-2H3,(H,16,17). The van der Waals surface area contributed by atoms with Crippen LogP contribution >= 0.6 is 0 Å². The van der Waals surface area contributed by atoms with Gasteiger partial charge < -0.3 is 15.2 Å². The molecule has 98 valence electrons. The molecule has 2 rings (SSSR count). The van der Waals surface area contributed by atoms with Crippen LogP contribution in [0.3, 0.4) is 0 Å². The number of nitrogens with one attached hydrogen (secondary N) is 1. The van der Waals surface area contributed by atoms with Crippen LogP contribution in [0.25, 0.3) is 0 Å². The molecule has 1 aliphatic rings. The second kappa shape index (κ2) is 5.50. The van der Waals surface area contributed by atoms with E-state index in [-0.39, 0.29) is 18.1 Å². The Balaban J connectivity index is 2.12. The molecule has 4 heteroatoms. The Labute approximate surface area is 107 Å². The van der Waals surface area contributed by atoms with Crippen molar-refractivity contribution in [2.75, 3.05) is 13.7 Å². The van der Waals surface area contributed by atoms with Crippen LogP contribution in [0.4, 0.5) is 0 Å². The van der Waals surface area contributed by atoms with E-state index in [1.54, 1.807) is 7.11 Å². The van der Waals surface area contributed by atoms with Crippen LogP contribution in [0, 0.1) is 5.92 Å². The van der Waals surface area contributed by atoms with Gasteiger partial charge in [0.15, 0.2) is 0 Å². The largest absolute Gasteiger partial charge is 0.481 e. The zero-order valence-corrected chi connectivity index (χ0v) is 10.7. The lowest BCUT2D eigenvalue weighted by Gasteiger charge is -2.15. The minimum absolute atomic E-state index is 0.0571. The van der Waals surface area contributed by atoms with Gasteiger partial charge in [-0.05, 0) is 24.5 Å². The highest BCUT2D eigenvalue weighted by atomic mass is 16.5. The van der Waals surface area contributed by atoms with Gasteiger partial charge in [0, 0.05) is 19.7 Å². The zero-order chi connectivity index (χ0) is 13.1. The first-order valence-corrected chi connectivity index (χ1v) is 6.20. The van der Waals surface area contributed by atoms with Crippen LogP contribution in [0.2, 0.25) is 0 Å². The normalized spacial score (nSPS) is 25.0. The Morgan fingerprint density at radius 1 is 1.56 bits per heavy atom. The Morgan fingerprint density at radius 3 is 2.94 bits per heavy atom. The molecule has 3 atom stereocenters. The third-order valence-corrected chi connectivity index (χ3v) is 3.62. The quantitative estimate of drug-likeness (QED) is 0.858. The molecule has 3 unspecified atom stereocenters. The molecule has 1 fully saturated rings. The summed E-state index contributed by atoms with van der Waals surface area (Å²) in [6.45, 7) is 2.55. The average Bonchev–Trinajstić information content (AvgIpc) is 2.88. The second-order valence-electron chi connectivity index (χ2n) is 4.78. The lowest BCUT2D eigenvalue weighted by Crippen LogP contribution is -2.17. The number of rotatable bonds is 4. The predicted octanol–water partition coefficient (Wildman–Crippen LogP) is 2.13. The summed E-state index contributed by atoms with van der Waals surface area (Å²) in [4.78, 5) is 10.9. The maximum atomic E-state index is 10.9. The van der Waals surface area contributed by atoms with Gasteiger partial charge in [0.05, 0.1) is 12.0 Å². The van der Waals surface area contributed by atoms with E-state index in [0.29, 0.717) is 13.0 Å². The molecule has 2 N–H and O–H groups in total. The first-order chi connectivity index (χ1) is 8.61. The summed E-state index contributed by atoms with van der Waals surface area (Å²) in [6.07, 6.45) is 0.710. The minimum atomic E-state index is -0.716. The van der Waals surface area contributed by atoms with E-state index in [0.717, 1.165) is 11.1 Å². The summed E-state index contributed by atoms with van der Waals surface area (Å²) >= 11 is 0. The second-order valence-corrected chi connectivity index (χ2v) is 4.78. The summed E-state index contributed by atoms with van der Waals surface area (Å²) in [5.74, 6) is -0.995. The van der Waals surface area contributed by atoms with Crippen molar-refractivity contribution in [3.63, 3.8) is 0 Å². The van der Waals surface area contributed by atoms with Crippen molar-refractivity contribution >= 4 is 5.97 Å². The third kappa shape index (κ3) is 2.71. The van der Waals surface area contributed by atoms with E-state index in [1.165, 1.54) is 0 Å². The molecule has 1 saturated heterocycles. The highest BCUT2D eigenvalue weighted by Gasteiger charge is 2.30. The van der Waals surface area contributed by atoms with Crippen LogP contribution in [0.5, 0.6) is 0 Å². The monoisotopic (exact) mass is 249 g/mol. The van der Waals surface area contributed by atoms with E-state index in [1.807, 2.05) is 25.1 Å².